The molecule has 25 heavy (non-hydrogen) atoms. The van der Waals surface area contributed by atoms with Gasteiger partial charge in [-0.25, -0.2) is 9.37 Å². The quantitative estimate of drug-likeness (QED) is 0.554. The van der Waals surface area contributed by atoms with E-state index in [2.05, 4.69) is 22.2 Å². The van der Waals surface area contributed by atoms with Gasteiger partial charge in [0.2, 0.25) is 0 Å². The van der Waals surface area contributed by atoms with Crippen LogP contribution < -0.4 is 5.32 Å². The van der Waals surface area contributed by atoms with Gasteiger partial charge in [0.15, 0.2) is 0 Å². The maximum atomic E-state index is 13.0. The summed E-state index contributed by atoms with van der Waals surface area (Å²) in [4.78, 5) is 23.1. The van der Waals surface area contributed by atoms with Crippen molar-refractivity contribution in [1.29, 1.82) is 0 Å². The van der Waals surface area contributed by atoms with Crippen molar-refractivity contribution in [3.63, 3.8) is 0 Å². The Hall–Kier alpha value is -2.60. The van der Waals surface area contributed by atoms with Crippen LogP contribution in [0, 0.1) is 26.6 Å². The minimum atomic E-state index is -0.377. The van der Waals surface area contributed by atoms with Crippen LogP contribution in [0.25, 0.3) is 10.2 Å². The molecule has 2 aromatic heterocycles. The zero-order valence-corrected chi connectivity index (χ0v) is 15.3. The Morgan fingerprint density at radius 1 is 1.20 bits per heavy atom. The Morgan fingerprint density at radius 3 is 2.52 bits per heavy atom. The van der Waals surface area contributed by atoms with Crippen LogP contribution >= 0.6 is 11.3 Å². The van der Waals surface area contributed by atoms with Crippen LogP contribution in [0.2, 0.25) is 0 Å². The number of benzene rings is 1. The highest BCUT2D eigenvalue weighted by atomic mass is 32.1. The van der Waals surface area contributed by atoms with E-state index in [1.165, 1.54) is 35.6 Å². The third-order valence-electron chi connectivity index (χ3n) is 4.00. The number of thiophene rings is 1. The van der Waals surface area contributed by atoms with Crippen molar-refractivity contribution < 1.29 is 9.18 Å². The lowest BCUT2D eigenvalue weighted by Crippen LogP contribution is -2.31. The van der Waals surface area contributed by atoms with Gasteiger partial charge >= 0.3 is 0 Å². The maximum Gasteiger partial charge on any atom is 0.256 e. The molecule has 0 aliphatic heterocycles. The number of hydrogen-bond donors (Lipinski definition) is 1. The van der Waals surface area contributed by atoms with E-state index in [0.29, 0.717) is 11.4 Å². The largest absolute Gasteiger partial charge is 0.306 e. The summed E-state index contributed by atoms with van der Waals surface area (Å²) in [6.07, 6.45) is 0. The molecule has 3 rings (SSSR count). The summed E-state index contributed by atoms with van der Waals surface area (Å²) < 4.78 is 13.0. The summed E-state index contributed by atoms with van der Waals surface area (Å²) in [5, 5.41) is 3.93. The summed E-state index contributed by atoms with van der Waals surface area (Å²) in [6.45, 7) is 6.03. The van der Waals surface area contributed by atoms with Crippen LogP contribution in [0.1, 0.15) is 32.1 Å². The zero-order chi connectivity index (χ0) is 18.1. The molecule has 0 saturated heterocycles. The second kappa shape index (κ2) is 6.72. The number of nitrogens with zero attached hydrogens (tertiary/aromatic N) is 2. The highest BCUT2D eigenvalue weighted by Gasteiger charge is 2.18. The predicted molar refractivity (Wildman–Crippen MR) is 100 cm³/mol. The standard InChI is InChI=1S/C19H18FN3OS/c1-10-9-11(2)22-19-15(10)12(3)16(25-19)17(21-4)23-18(24)13-5-7-14(20)8-6-13/h5-9H,1-4H3,(H,21,23,24). The maximum absolute atomic E-state index is 13.0. The van der Waals surface area contributed by atoms with Crippen molar-refractivity contribution in [2.75, 3.05) is 7.05 Å². The molecular weight excluding hydrogens is 337 g/mol. The molecule has 0 radical (unpaired) electrons. The Balaban J connectivity index is 1.98. The Kier molecular flexibility index (Phi) is 4.63. The van der Waals surface area contributed by atoms with E-state index in [4.69, 9.17) is 0 Å². The van der Waals surface area contributed by atoms with Gasteiger partial charge in [0, 0.05) is 23.7 Å². The van der Waals surface area contributed by atoms with Crippen molar-refractivity contribution in [3.8, 4) is 0 Å². The molecule has 0 unspecified atom stereocenters. The number of carbonyl (C=O) groups excluding carboxylic acids is 1. The summed E-state index contributed by atoms with van der Waals surface area (Å²) in [5.74, 6) is -0.205. The minimum absolute atomic E-state index is 0.321. The smallest absolute Gasteiger partial charge is 0.256 e. The van der Waals surface area contributed by atoms with Gasteiger partial charge in [-0.05, 0) is 62.2 Å². The summed E-state index contributed by atoms with van der Waals surface area (Å²) in [6, 6.07) is 7.47. The molecule has 0 aliphatic carbocycles. The minimum Gasteiger partial charge on any atom is -0.306 e. The molecule has 1 aromatic carbocycles. The van der Waals surface area contributed by atoms with Crippen LogP contribution in [0.15, 0.2) is 35.3 Å². The lowest BCUT2D eigenvalue weighted by Gasteiger charge is -2.08. The van der Waals surface area contributed by atoms with Gasteiger partial charge in [-0.3, -0.25) is 9.79 Å². The highest BCUT2D eigenvalue weighted by Crippen LogP contribution is 2.32. The molecule has 6 heteroatoms. The number of aromatic nitrogens is 1. The SMILES string of the molecule is CN=C(NC(=O)c1ccc(F)cc1)c1sc2nc(C)cc(C)c2c1C. The second-order valence-corrected chi connectivity index (χ2v) is 6.85. The van der Waals surface area contributed by atoms with Crippen molar-refractivity contribution in [2.24, 2.45) is 4.99 Å². The van der Waals surface area contributed by atoms with E-state index in [1.54, 1.807) is 7.05 Å². The fraction of sp³-hybridized carbons (Fsp3) is 0.211. The molecule has 0 atom stereocenters. The lowest BCUT2D eigenvalue weighted by molar-refractivity contribution is 0.0977. The van der Waals surface area contributed by atoms with Crippen LogP contribution in [0.4, 0.5) is 4.39 Å². The molecule has 0 saturated carbocycles. The number of amidine groups is 1. The predicted octanol–water partition coefficient (Wildman–Crippen LogP) is 4.17. The zero-order valence-electron chi connectivity index (χ0n) is 14.5. The first-order valence-corrected chi connectivity index (χ1v) is 8.63. The van der Waals surface area contributed by atoms with Crippen molar-refractivity contribution >= 4 is 33.3 Å². The first-order chi connectivity index (χ1) is 11.9. The normalized spacial score (nSPS) is 11.8. The van der Waals surface area contributed by atoms with Gasteiger partial charge in [-0.2, -0.15) is 0 Å². The molecule has 1 N–H and O–H groups in total. The molecule has 0 bridgehead atoms. The second-order valence-electron chi connectivity index (χ2n) is 5.85. The molecular formula is C19H18FN3OS. The Morgan fingerprint density at radius 2 is 1.88 bits per heavy atom. The van der Waals surface area contributed by atoms with E-state index in [9.17, 15) is 9.18 Å². The van der Waals surface area contributed by atoms with Crippen LogP contribution in [0.3, 0.4) is 0 Å². The topological polar surface area (TPSA) is 54.4 Å². The lowest BCUT2D eigenvalue weighted by atomic mass is 10.1. The van der Waals surface area contributed by atoms with E-state index in [-0.39, 0.29) is 11.7 Å². The summed E-state index contributed by atoms with van der Waals surface area (Å²) in [7, 11) is 1.63. The molecule has 0 aliphatic rings. The molecule has 128 valence electrons. The van der Waals surface area contributed by atoms with E-state index < -0.39 is 0 Å². The Bertz CT molecular complexity index is 990. The molecule has 3 aromatic rings. The van der Waals surface area contributed by atoms with Gasteiger partial charge in [0.25, 0.3) is 5.91 Å². The van der Waals surface area contributed by atoms with Crippen molar-refractivity contribution in [2.45, 2.75) is 20.8 Å². The fourth-order valence-electron chi connectivity index (χ4n) is 2.84. The fourth-order valence-corrected chi connectivity index (χ4v) is 4.13. The molecule has 1 amide bonds. The number of fused-ring (bicyclic) bond motifs is 1. The molecule has 2 heterocycles. The van der Waals surface area contributed by atoms with Crippen LogP contribution in [0.5, 0.6) is 0 Å². The van der Waals surface area contributed by atoms with Crippen molar-refractivity contribution in [1.82, 2.24) is 10.3 Å². The van der Waals surface area contributed by atoms with Gasteiger partial charge in [-0.15, -0.1) is 11.3 Å². The number of aliphatic imine (C=N–C) groups is 1. The number of nitrogens with one attached hydrogen (secondary N) is 1. The molecule has 0 fully saturated rings. The molecule has 0 spiro atoms. The van der Waals surface area contributed by atoms with E-state index in [0.717, 1.165) is 31.9 Å². The number of carbonyl (C=O) groups is 1. The number of hydrogen-bond acceptors (Lipinski definition) is 4. The van der Waals surface area contributed by atoms with E-state index in [1.807, 2.05) is 19.9 Å². The first kappa shape index (κ1) is 17.2. The average Bonchev–Trinajstić information content (AvgIpc) is 2.89. The van der Waals surface area contributed by atoms with Gasteiger partial charge in [0.05, 0.1) is 4.88 Å². The van der Waals surface area contributed by atoms with Crippen molar-refractivity contribution in [3.05, 3.63) is 63.4 Å². The number of amides is 1. The Labute approximate surface area is 149 Å². The number of halogens is 1. The third kappa shape index (κ3) is 3.30. The van der Waals surface area contributed by atoms with Gasteiger partial charge in [-0.1, -0.05) is 0 Å². The number of aryl methyl sites for hydroxylation is 3. The highest BCUT2D eigenvalue weighted by molar-refractivity contribution is 7.20. The van der Waals surface area contributed by atoms with Gasteiger partial charge in [0.1, 0.15) is 16.5 Å². The summed E-state index contributed by atoms with van der Waals surface area (Å²) in [5.41, 5.74) is 3.54. The first-order valence-electron chi connectivity index (χ1n) is 7.82. The van der Waals surface area contributed by atoms with Crippen LogP contribution in [-0.4, -0.2) is 23.8 Å². The number of pyridine rings is 1. The monoisotopic (exact) mass is 355 g/mol. The summed E-state index contributed by atoms with van der Waals surface area (Å²) >= 11 is 1.51. The van der Waals surface area contributed by atoms with Crippen LogP contribution in [-0.2, 0) is 0 Å². The average molecular weight is 355 g/mol. The van der Waals surface area contributed by atoms with E-state index >= 15 is 0 Å². The molecule has 4 nitrogen and oxygen atoms in total. The van der Waals surface area contributed by atoms with Gasteiger partial charge < -0.3 is 5.32 Å². The number of rotatable bonds is 2. The third-order valence-corrected chi connectivity index (χ3v) is 5.20.